The first-order chi connectivity index (χ1) is 9.73. The fourth-order valence-corrected chi connectivity index (χ4v) is 1.72. The van der Waals surface area contributed by atoms with E-state index in [2.05, 4.69) is 0 Å². The van der Waals surface area contributed by atoms with Crippen LogP contribution in [-0.2, 0) is 9.53 Å². The average Bonchev–Trinajstić information content (AvgIpc) is 2.37. The normalized spacial score (nSPS) is 11.8. The molecular formula is C14H19N3O4. The predicted molar refractivity (Wildman–Crippen MR) is 77.4 cm³/mol. The van der Waals surface area contributed by atoms with Crippen LogP contribution in [0.3, 0.4) is 0 Å². The SMILES string of the molecule is Cc1cccc(C(=O)O[C@@H](C(=O)NC(N)=O)C(C)C)c1N. The maximum atomic E-state index is 12.1. The molecule has 0 saturated carbocycles. The van der Waals surface area contributed by atoms with Gasteiger partial charge in [0.1, 0.15) is 0 Å². The van der Waals surface area contributed by atoms with Crippen molar-refractivity contribution < 1.29 is 19.1 Å². The van der Waals surface area contributed by atoms with Crippen molar-refractivity contribution in [3.8, 4) is 0 Å². The number of ether oxygens (including phenoxy) is 1. The Labute approximate surface area is 122 Å². The number of amides is 3. The van der Waals surface area contributed by atoms with Gasteiger partial charge in [-0.15, -0.1) is 0 Å². The molecule has 7 nitrogen and oxygen atoms in total. The van der Waals surface area contributed by atoms with Gasteiger partial charge in [-0.1, -0.05) is 26.0 Å². The number of imide groups is 1. The van der Waals surface area contributed by atoms with Crippen LogP contribution in [0.25, 0.3) is 0 Å². The molecule has 0 radical (unpaired) electrons. The molecule has 0 heterocycles. The van der Waals surface area contributed by atoms with Crippen LogP contribution in [0, 0.1) is 12.8 Å². The molecule has 0 aromatic heterocycles. The van der Waals surface area contributed by atoms with Crippen LogP contribution in [0.5, 0.6) is 0 Å². The number of aryl methyl sites for hydroxylation is 1. The summed E-state index contributed by atoms with van der Waals surface area (Å²) >= 11 is 0. The number of esters is 1. The van der Waals surface area contributed by atoms with Gasteiger partial charge in [-0.2, -0.15) is 0 Å². The van der Waals surface area contributed by atoms with Gasteiger partial charge in [0.2, 0.25) is 0 Å². The summed E-state index contributed by atoms with van der Waals surface area (Å²) in [5.74, 6) is -1.83. The molecule has 1 atom stereocenters. The minimum absolute atomic E-state index is 0.174. The van der Waals surface area contributed by atoms with Gasteiger partial charge in [-0.3, -0.25) is 10.1 Å². The molecule has 0 spiro atoms. The van der Waals surface area contributed by atoms with Crippen molar-refractivity contribution in [1.29, 1.82) is 0 Å². The fraction of sp³-hybridized carbons (Fsp3) is 0.357. The van der Waals surface area contributed by atoms with Crippen LogP contribution < -0.4 is 16.8 Å². The number of rotatable bonds is 4. The number of carbonyl (C=O) groups is 3. The van der Waals surface area contributed by atoms with E-state index in [-0.39, 0.29) is 11.5 Å². The zero-order valence-electron chi connectivity index (χ0n) is 12.2. The summed E-state index contributed by atoms with van der Waals surface area (Å²) in [5.41, 5.74) is 11.9. The number of urea groups is 1. The number of para-hydroxylation sites is 1. The quantitative estimate of drug-likeness (QED) is 0.563. The Hall–Kier alpha value is -2.57. The molecule has 0 unspecified atom stereocenters. The second kappa shape index (κ2) is 6.74. The number of hydrogen-bond donors (Lipinski definition) is 3. The van der Waals surface area contributed by atoms with E-state index in [1.165, 1.54) is 6.07 Å². The molecule has 1 rings (SSSR count). The van der Waals surface area contributed by atoms with Crippen molar-refractivity contribution in [3.63, 3.8) is 0 Å². The number of benzene rings is 1. The first kappa shape index (κ1) is 16.5. The van der Waals surface area contributed by atoms with Crippen LogP contribution >= 0.6 is 0 Å². The minimum atomic E-state index is -1.13. The molecule has 0 fully saturated rings. The third kappa shape index (κ3) is 4.20. The number of anilines is 1. The highest BCUT2D eigenvalue weighted by Gasteiger charge is 2.28. The molecule has 0 bridgehead atoms. The van der Waals surface area contributed by atoms with Crippen molar-refractivity contribution in [2.24, 2.45) is 11.7 Å². The van der Waals surface area contributed by atoms with Gasteiger partial charge in [-0.05, 0) is 24.5 Å². The van der Waals surface area contributed by atoms with Crippen molar-refractivity contribution in [2.75, 3.05) is 5.73 Å². The molecule has 1 aromatic rings. The van der Waals surface area contributed by atoms with Gasteiger partial charge in [0.05, 0.1) is 5.56 Å². The van der Waals surface area contributed by atoms with Crippen molar-refractivity contribution in [3.05, 3.63) is 29.3 Å². The van der Waals surface area contributed by atoms with Crippen molar-refractivity contribution >= 4 is 23.6 Å². The summed E-state index contributed by atoms with van der Waals surface area (Å²) in [7, 11) is 0. The molecule has 3 amide bonds. The number of primary amides is 1. The summed E-state index contributed by atoms with van der Waals surface area (Å²) < 4.78 is 5.16. The Bertz CT molecular complexity index is 569. The number of nitrogens with two attached hydrogens (primary N) is 2. The Morgan fingerprint density at radius 3 is 2.38 bits per heavy atom. The lowest BCUT2D eigenvalue weighted by molar-refractivity contribution is -0.130. The molecule has 0 saturated heterocycles. The first-order valence-electron chi connectivity index (χ1n) is 6.40. The maximum Gasteiger partial charge on any atom is 0.341 e. The minimum Gasteiger partial charge on any atom is -0.448 e. The van der Waals surface area contributed by atoms with Gasteiger partial charge in [0, 0.05) is 5.69 Å². The van der Waals surface area contributed by atoms with E-state index in [9.17, 15) is 14.4 Å². The molecule has 1 aromatic carbocycles. The van der Waals surface area contributed by atoms with E-state index in [4.69, 9.17) is 16.2 Å². The van der Waals surface area contributed by atoms with Crippen molar-refractivity contribution in [1.82, 2.24) is 5.32 Å². The van der Waals surface area contributed by atoms with E-state index in [1.54, 1.807) is 32.9 Å². The largest absolute Gasteiger partial charge is 0.448 e. The lowest BCUT2D eigenvalue weighted by atomic mass is 10.1. The smallest absolute Gasteiger partial charge is 0.341 e. The highest BCUT2D eigenvalue weighted by Crippen LogP contribution is 2.19. The van der Waals surface area contributed by atoms with Gasteiger partial charge in [0.25, 0.3) is 5.91 Å². The molecule has 114 valence electrons. The molecule has 21 heavy (non-hydrogen) atoms. The summed E-state index contributed by atoms with van der Waals surface area (Å²) in [5, 5.41) is 1.90. The Morgan fingerprint density at radius 1 is 1.24 bits per heavy atom. The summed E-state index contributed by atoms with van der Waals surface area (Å²) in [4.78, 5) is 34.6. The standard InChI is InChI=1S/C14H19N3O4/c1-7(2)11(12(18)17-14(16)20)21-13(19)9-6-4-5-8(3)10(9)15/h4-7,11H,15H2,1-3H3,(H3,16,17,18,20)/t11-/m1/s1. The molecule has 7 heteroatoms. The van der Waals surface area contributed by atoms with E-state index in [0.29, 0.717) is 5.69 Å². The lowest BCUT2D eigenvalue weighted by Gasteiger charge is -2.20. The van der Waals surface area contributed by atoms with Gasteiger partial charge in [0.15, 0.2) is 6.10 Å². The number of nitrogens with one attached hydrogen (secondary N) is 1. The third-order valence-corrected chi connectivity index (χ3v) is 2.89. The summed E-state index contributed by atoms with van der Waals surface area (Å²) in [6.45, 7) is 5.11. The number of nitrogen functional groups attached to an aromatic ring is 1. The number of hydrogen-bond acceptors (Lipinski definition) is 5. The molecule has 5 N–H and O–H groups in total. The average molecular weight is 293 g/mol. The van der Waals surface area contributed by atoms with E-state index >= 15 is 0 Å². The second-order valence-corrected chi connectivity index (χ2v) is 4.96. The van der Waals surface area contributed by atoms with Crippen LogP contribution in [-0.4, -0.2) is 24.0 Å². The van der Waals surface area contributed by atoms with Crippen LogP contribution in [0.15, 0.2) is 18.2 Å². The molecule has 0 aliphatic carbocycles. The Kier molecular flexibility index (Phi) is 5.29. The third-order valence-electron chi connectivity index (χ3n) is 2.89. The predicted octanol–water partition coefficient (Wildman–Crippen LogP) is 0.954. The Morgan fingerprint density at radius 2 is 1.86 bits per heavy atom. The Balaban J connectivity index is 2.94. The highest BCUT2D eigenvalue weighted by atomic mass is 16.5. The van der Waals surface area contributed by atoms with Crippen molar-refractivity contribution in [2.45, 2.75) is 26.9 Å². The zero-order chi connectivity index (χ0) is 16.2. The molecule has 0 aliphatic rings. The van der Waals surface area contributed by atoms with E-state index < -0.39 is 24.0 Å². The van der Waals surface area contributed by atoms with Crippen LogP contribution in [0.1, 0.15) is 29.8 Å². The second-order valence-electron chi connectivity index (χ2n) is 4.96. The fourth-order valence-electron chi connectivity index (χ4n) is 1.72. The molecule has 0 aliphatic heterocycles. The summed E-state index contributed by atoms with van der Waals surface area (Å²) in [6.07, 6.45) is -1.13. The van der Waals surface area contributed by atoms with Crippen LogP contribution in [0.4, 0.5) is 10.5 Å². The maximum absolute atomic E-state index is 12.1. The highest BCUT2D eigenvalue weighted by molar-refractivity contribution is 6.00. The topological polar surface area (TPSA) is 125 Å². The first-order valence-corrected chi connectivity index (χ1v) is 6.40. The van der Waals surface area contributed by atoms with Crippen LogP contribution in [0.2, 0.25) is 0 Å². The molecular weight excluding hydrogens is 274 g/mol. The summed E-state index contributed by atoms with van der Waals surface area (Å²) in [6, 6.07) is 3.92. The van der Waals surface area contributed by atoms with Gasteiger partial charge in [-0.25, -0.2) is 9.59 Å². The van der Waals surface area contributed by atoms with Gasteiger partial charge < -0.3 is 16.2 Å². The zero-order valence-corrected chi connectivity index (χ0v) is 12.2. The monoisotopic (exact) mass is 293 g/mol. The van der Waals surface area contributed by atoms with E-state index in [1.807, 2.05) is 5.32 Å². The number of carbonyl (C=O) groups excluding carboxylic acids is 3. The lowest BCUT2D eigenvalue weighted by Crippen LogP contribution is -2.45. The van der Waals surface area contributed by atoms with Gasteiger partial charge >= 0.3 is 12.0 Å². The van der Waals surface area contributed by atoms with E-state index in [0.717, 1.165) is 5.56 Å².